The summed E-state index contributed by atoms with van der Waals surface area (Å²) >= 11 is 11.9. The lowest BCUT2D eigenvalue weighted by molar-refractivity contribution is -0.123. The van der Waals surface area contributed by atoms with E-state index in [0.717, 1.165) is 18.6 Å². The fourth-order valence-electron chi connectivity index (χ4n) is 1.99. The summed E-state index contributed by atoms with van der Waals surface area (Å²) in [5.41, 5.74) is -0.196. The van der Waals surface area contributed by atoms with Crippen molar-refractivity contribution >= 4 is 45.1 Å². The van der Waals surface area contributed by atoms with Gasteiger partial charge in [0, 0.05) is 13.1 Å². The molecule has 1 rings (SSSR count). The molecule has 1 aromatic rings. The van der Waals surface area contributed by atoms with Gasteiger partial charge < -0.3 is 10.1 Å². The van der Waals surface area contributed by atoms with E-state index in [1.807, 2.05) is 6.92 Å². The Hall–Kier alpha value is -1.35. The number of hydrogen-bond acceptors (Lipinski definition) is 5. The predicted molar refractivity (Wildman–Crippen MR) is 95.5 cm³/mol. The zero-order chi connectivity index (χ0) is 19.2. The fraction of sp³-hybridized carbons (Fsp3) is 0.467. The molecule has 1 atom stereocenters. The highest BCUT2D eigenvalue weighted by Gasteiger charge is 2.24. The summed E-state index contributed by atoms with van der Waals surface area (Å²) in [5.74, 6) is -1.44. The van der Waals surface area contributed by atoms with Crippen LogP contribution in [0.4, 0.5) is 0 Å². The zero-order valence-electron chi connectivity index (χ0n) is 14.1. The molecular formula is C15H20Cl2N2O5S. The van der Waals surface area contributed by atoms with Crippen molar-refractivity contribution in [3.05, 3.63) is 27.7 Å². The third kappa shape index (κ3) is 6.14. The molecule has 140 valence electrons. The molecule has 0 saturated heterocycles. The van der Waals surface area contributed by atoms with Gasteiger partial charge in [-0.05, 0) is 25.5 Å². The highest BCUT2D eigenvalue weighted by Crippen LogP contribution is 2.29. The number of likely N-dealkylation sites (N-methyl/N-ethyl adjacent to an activating group) is 1. The maximum absolute atomic E-state index is 12.5. The first-order chi connectivity index (χ1) is 11.6. The smallest absolute Gasteiger partial charge is 0.340 e. The van der Waals surface area contributed by atoms with Gasteiger partial charge in [0.2, 0.25) is 10.0 Å². The monoisotopic (exact) mass is 410 g/mol. The number of amides is 1. The molecule has 7 nitrogen and oxygen atoms in total. The number of sulfonamides is 1. The summed E-state index contributed by atoms with van der Waals surface area (Å²) < 4.78 is 32.2. The van der Waals surface area contributed by atoms with Gasteiger partial charge in [-0.25, -0.2) is 17.9 Å². The SMILES string of the molecule is CCC[C@H](C)NS(=O)(=O)c1cc(C(=O)OCC(=O)NC)c(Cl)cc1Cl. The minimum absolute atomic E-state index is 0.0764. The van der Waals surface area contributed by atoms with E-state index in [1.165, 1.54) is 7.05 Å². The van der Waals surface area contributed by atoms with Crippen molar-refractivity contribution in [3.8, 4) is 0 Å². The maximum Gasteiger partial charge on any atom is 0.340 e. The van der Waals surface area contributed by atoms with Gasteiger partial charge >= 0.3 is 5.97 Å². The van der Waals surface area contributed by atoms with E-state index in [9.17, 15) is 18.0 Å². The summed E-state index contributed by atoms with van der Waals surface area (Å²) in [7, 11) is -2.56. The fourth-order valence-corrected chi connectivity index (χ4v) is 4.12. The normalized spacial score (nSPS) is 12.5. The van der Waals surface area contributed by atoms with Crippen LogP contribution in [0.25, 0.3) is 0 Å². The molecule has 1 amide bonds. The highest BCUT2D eigenvalue weighted by molar-refractivity contribution is 7.89. The van der Waals surface area contributed by atoms with Crippen LogP contribution in [0, 0.1) is 0 Å². The van der Waals surface area contributed by atoms with Crippen molar-refractivity contribution in [1.82, 2.24) is 10.0 Å². The van der Waals surface area contributed by atoms with Gasteiger partial charge in [-0.2, -0.15) is 0 Å². The van der Waals surface area contributed by atoms with Crippen LogP contribution in [-0.4, -0.2) is 40.0 Å². The molecule has 1 aromatic carbocycles. The molecule has 0 saturated carbocycles. The first-order valence-electron chi connectivity index (χ1n) is 7.51. The average molecular weight is 411 g/mol. The third-order valence-electron chi connectivity index (χ3n) is 3.22. The second-order valence-electron chi connectivity index (χ2n) is 5.32. The van der Waals surface area contributed by atoms with E-state index < -0.39 is 28.5 Å². The van der Waals surface area contributed by atoms with Gasteiger partial charge in [-0.3, -0.25) is 4.79 Å². The second kappa shape index (κ2) is 9.38. The largest absolute Gasteiger partial charge is 0.452 e. The van der Waals surface area contributed by atoms with Crippen molar-refractivity contribution in [3.63, 3.8) is 0 Å². The van der Waals surface area contributed by atoms with Crippen LogP contribution >= 0.6 is 23.2 Å². The Balaban J connectivity index is 3.14. The molecule has 0 aliphatic heterocycles. The topological polar surface area (TPSA) is 102 Å². The van der Waals surface area contributed by atoms with Gasteiger partial charge in [0.15, 0.2) is 6.61 Å². The lowest BCUT2D eigenvalue weighted by Crippen LogP contribution is -2.32. The number of carbonyl (C=O) groups excluding carboxylic acids is 2. The highest BCUT2D eigenvalue weighted by atomic mass is 35.5. The lowest BCUT2D eigenvalue weighted by Gasteiger charge is -2.15. The number of rotatable bonds is 8. The Kier molecular flexibility index (Phi) is 8.14. The zero-order valence-corrected chi connectivity index (χ0v) is 16.4. The molecule has 0 aliphatic rings. The van der Waals surface area contributed by atoms with Crippen LogP contribution < -0.4 is 10.0 Å². The van der Waals surface area contributed by atoms with Crippen molar-refractivity contribution < 1.29 is 22.7 Å². The number of halogens is 2. The molecule has 2 N–H and O–H groups in total. The number of nitrogens with one attached hydrogen (secondary N) is 2. The summed E-state index contributed by atoms with van der Waals surface area (Å²) in [5, 5.41) is 2.09. The Morgan fingerprint density at radius 2 is 1.88 bits per heavy atom. The van der Waals surface area contributed by atoms with Crippen LogP contribution in [0.5, 0.6) is 0 Å². The number of benzene rings is 1. The quantitative estimate of drug-likeness (QED) is 0.640. The van der Waals surface area contributed by atoms with E-state index >= 15 is 0 Å². The van der Waals surface area contributed by atoms with E-state index in [2.05, 4.69) is 10.0 Å². The summed E-state index contributed by atoms with van der Waals surface area (Å²) in [4.78, 5) is 22.9. The summed E-state index contributed by atoms with van der Waals surface area (Å²) in [6, 6.07) is 1.89. The third-order valence-corrected chi connectivity index (χ3v) is 5.59. The van der Waals surface area contributed by atoms with Gasteiger partial charge in [-0.15, -0.1) is 0 Å². The van der Waals surface area contributed by atoms with E-state index in [0.29, 0.717) is 6.42 Å². The van der Waals surface area contributed by atoms with Crippen molar-refractivity contribution in [2.75, 3.05) is 13.7 Å². The van der Waals surface area contributed by atoms with Gasteiger partial charge in [0.05, 0.1) is 15.6 Å². The van der Waals surface area contributed by atoms with Crippen LogP contribution in [0.1, 0.15) is 37.0 Å². The Bertz CT molecular complexity index is 753. The number of esters is 1. The molecule has 0 fully saturated rings. The molecule has 25 heavy (non-hydrogen) atoms. The van der Waals surface area contributed by atoms with Gasteiger partial charge in [-0.1, -0.05) is 36.5 Å². The first-order valence-corrected chi connectivity index (χ1v) is 9.75. The number of ether oxygens (including phenoxy) is 1. The lowest BCUT2D eigenvalue weighted by atomic mass is 10.2. The molecule has 0 unspecified atom stereocenters. The van der Waals surface area contributed by atoms with Gasteiger partial charge in [0.25, 0.3) is 5.91 Å². The second-order valence-corrected chi connectivity index (χ2v) is 7.82. The summed E-state index contributed by atoms with van der Waals surface area (Å²) in [6.07, 6.45) is 1.45. The first kappa shape index (κ1) is 21.7. The molecule has 0 bridgehead atoms. The molecular weight excluding hydrogens is 391 g/mol. The minimum atomic E-state index is -3.95. The van der Waals surface area contributed by atoms with E-state index in [-0.39, 0.29) is 26.5 Å². The molecule has 0 radical (unpaired) electrons. The van der Waals surface area contributed by atoms with E-state index in [4.69, 9.17) is 27.9 Å². The molecule has 10 heteroatoms. The van der Waals surface area contributed by atoms with Crippen molar-refractivity contribution in [2.45, 2.75) is 37.6 Å². The Labute approximate surface area is 157 Å². The molecule has 0 aromatic heterocycles. The van der Waals surface area contributed by atoms with Crippen LogP contribution in [0.15, 0.2) is 17.0 Å². The van der Waals surface area contributed by atoms with Crippen LogP contribution in [-0.2, 0) is 19.6 Å². The van der Waals surface area contributed by atoms with Crippen molar-refractivity contribution in [1.29, 1.82) is 0 Å². The van der Waals surface area contributed by atoms with Crippen LogP contribution in [0.2, 0.25) is 10.0 Å². The predicted octanol–water partition coefficient (Wildman–Crippen LogP) is 2.36. The van der Waals surface area contributed by atoms with Crippen molar-refractivity contribution in [2.24, 2.45) is 0 Å². The molecule has 0 aliphatic carbocycles. The maximum atomic E-state index is 12.5. The standard InChI is InChI=1S/C15H20Cl2N2O5S/c1-4-5-9(2)19-25(22,23)13-6-10(11(16)7-12(13)17)15(21)24-8-14(20)18-3/h6-7,9,19H,4-5,8H2,1-3H3,(H,18,20)/t9-/m0/s1. The van der Waals surface area contributed by atoms with Crippen LogP contribution in [0.3, 0.4) is 0 Å². The minimum Gasteiger partial charge on any atom is -0.452 e. The molecule has 0 heterocycles. The average Bonchev–Trinajstić information content (AvgIpc) is 2.51. The van der Waals surface area contributed by atoms with E-state index in [1.54, 1.807) is 6.92 Å². The number of carbonyl (C=O) groups is 2. The molecule has 0 spiro atoms. The summed E-state index contributed by atoms with van der Waals surface area (Å²) in [6.45, 7) is 3.15. The Morgan fingerprint density at radius 3 is 2.44 bits per heavy atom. The van der Waals surface area contributed by atoms with Gasteiger partial charge in [0.1, 0.15) is 4.90 Å². The number of hydrogen-bond donors (Lipinski definition) is 2. The Morgan fingerprint density at radius 1 is 1.24 bits per heavy atom.